The summed E-state index contributed by atoms with van der Waals surface area (Å²) in [6, 6.07) is 11.9. The van der Waals surface area contributed by atoms with Crippen molar-refractivity contribution in [3.8, 4) is 0 Å². The van der Waals surface area contributed by atoms with Crippen molar-refractivity contribution in [1.29, 1.82) is 0 Å². The molecule has 0 aliphatic carbocycles. The molecule has 138 valence electrons. The number of aromatic nitrogens is 2. The standard InChI is InChI=1S/C19H16Cl2N4O2/c1-2-10-25-19(27)13-7-4-3-6-12(13)17(24-25)18(26)23-22-11-14-15(20)8-5-9-16(14)21/h3-9,11H,2,10H2,1H3,(H,23,26)/b22-11+. The van der Waals surface area contributed by atoms with Crippen molar-refractivity contribution < 1.29 is 4.79 Å². The van der Waals surface area contributed by atoms with Gasteiger partial charge >= 0.3 is 0 Å². The van der Waals surface area contributed by atoms with Crippen LogP contribution >= 0.6 is 23.2 Å². The van der Waals surface area contributed by atoms with Crippen molar-refractivity contribution in [2.24, 2.45) is 5.10 Å². The summed E-state index contributed by atoms with van der Waals surface area (Å²) < 4.78 is 1.30. The highest BCUT2D eigenvalue weighted by Crippen LogP contribution is 2.22. The average molecular weight is 403 g/mol. The van der Waals surface area contributed by atoms with Crippen LogP contribution in [-0.2, 0) is 6.54 Å². The fraction of sp³-hybridized carbons (Fsp3) is 0.158. The van der Waals surface area contributed by atoms with Gasteiger partial charge in [-0.1, -0.05) is 54.4 Å². The third-order valence-electron chi connectivity index (χ3n) is 3.88. The molecule has 0 radical (unpaired) electrons. The number of hydrogen-bond donors (Lipinski definition) is 1. The predicted octanol–water partition coefficient (Wildman–Crippen LogP) is 3.88. The molecule has 3 aromatic rings. The van der Waals surface area contributed by atoms with E-state index in [0.717, 1.165) is 6.42 Å². The fourth-order valence-electron chi connectivity index (χ4n) is 2.61. The van der Waals surface area contributed by atoms with E-state index >= 15 is 0 Å². The van der Waals surface area contributed by atoms with E-state index in [0.29, 0.717) is 32.9 Å². The molecule has 0 saturated carbocycles. The third kappa shape index (κ3) is 4.02. The smallest absolute Gasteiger partial charge is 0.267 e. The first-order chi connectivity index (χ1) is 13.0. The van der Waals surface area contributed by atoms with Gasteiger partial charge in [0.1, 0.15) is 0 Å². The maximum Gasteiger partial charge on any atom is 0.292 e. The molecule has 3 rings (SSSR count). The van der Waals surface area contributed by atoms with Crippen molar-refractivity contribution in [3.63, 3.8) is 0 Å². The summed E-state index contributed by atoms with van der Waals surface area (Å²) >= 11 is 12.1. The van der Waals surface area contributed by atoms with Crippen molar-refractivity contribution >= 4 is 46.1 Å². The number of carbonyl (C=O) groups is 1. The molecule has 1 aromatic heterocycles. The van der Waals surface area contributed by atoms with Crippen LogP contribution in [0, 0.1) is 0 Å². The highest BCUT2D eigenvalue weighted by molar-refractivity contribution is 6.38. The number of halogens is 2. The number of rotatable bonds is 5. The first kappa shape index (κ1) is 19.1. The molecule has 1 N–H and O–H groups in total. The highest BCUT2D eigenvalue weighted by Gasteiger charge is 2.16. The summed E-state index contributed by atoms with van der Waals surface area (Å²) in [5.74, 6) is -0.532. The van der Waals surface area contributed by atoms with Crippen LogP contribution < -0.4 is 11.0 Å². The van der Waals surface area contributed by atoms with Crippen LogP contribution in [0.1, 0.15) is 29.4 Å². The summed E-state index contributed by atoms with van der Waals surface area (Å²) in [6.07, 6.45) is 2.09. The summed E-state index contributed by atoms with van der Waals surface area (Å²) in [4.78, 5) is 25.1. The second-order valence-corrected chi connectivity index (χ2v) is 6.57. The summed E-state index contributed by atoms with van der Waals surface area (Å²) in [5.41, 5.74) is 2.81. The fourth-order valence-corrected chi connectivity index (χ4v) is 3.10. The van der Waals surface area contributed by atoms with Crippen LogP contribution in [-0.4, -0.2) is 21.9 Å². The molecule has 0 unspecified atom stereocenters. The molecule has 0 atom stereocenters. The molecular weight excluding hydrogens is 387 g/mol. The van der Waals surface area contributed by atoms with E-state index in [1.54, 1.807) is 42.5 Å². The molecule has 6 nitrogen and oxygen atoms in total. The monoisotopic (exact) mass is 402 g/mol. The van der Waals surface area contributed by atoms with Crippen molar-refractivity contribution in [2.45, 2.75) is 19.9 Å². The van der Waals surface area contributed by atoms with Gasteiger partial charge in [0.25, 0.3) is 11.5 Å². The molecule has 0 aliphatic heterocycles. The molecule has 0 bridgehead atoms. The van der Waals surface area contributed by atoms with E-state index in [1.165, 1.54) is 10.9 Å². The molecular formula is C19H16Cl2N4O2. The van der Waals surface area contributed by atoms with Crippen molar-refractivity contribution in [2.75, 3.05) is 0 Å². The van der Waals surface area contributed by atoms with E-state index in [9.17, 15) is 9.59 Å². The number of hydrazone groups is 1. The third-order valence-corrected chi connectivity index (χ3v) is 4.54. The zero-order chi connectivity index (χ0) is 19.4. The van der Waals surface area contributed by atoms with Crippen LogP contribution in [0.25, 0.3) is 10.8 Å². The van der Waals surface area contributed by atoms with E-state index in [4.69, 9.17) is 23.2 Å². The Kier molecular flexibility index (Phi) is 5.88. The summed E-state index contributed by atoms with van der Waals surface area (Å²) in [7, 11) is 0. The minimum absolute atomic E-state index is 0.126. The number of fused-ring (bicyclic) bond motifs is 1. The number of benzene rings is 2. The van der Waals surface area contributed by atoms with Crippen LogP contribution in [0.5, 0.6) is 0 Å². The Morgan fingerprint density at radius 1 is 1.15 bits per heavy atom. The minimum Gasteiger partial charge on any atom is -0.267 e. The SMILES string of the molecule is CCCn1nc(C(=O)N/N=C/c2c(Cl)cccc2Cl)c2ccccc2c1=O. The first-order valence-electron chi connectivity index (χ1n) is 8.30. The van der Waals surface area contributed by atoms with Gasteiger partial charge in [0.15, 0.2) is 5.69 Å². The van der Waals surface area contributed by atoms with Crippen LogP contribution in [0.4, 0.5) is 0 Å². The lowest BCUT2D eigenvalue weighted by atomic mass is 10.1. The molecule has 0 aliphatic rings. The van der Waals surface area contributed by atoms with E-state index in [2.05, 4.69) is 15.6 Å². The Balaban J connectivity index is 1.95. The maximum absolute atomic E-state index is 12.6. The number of hydrogen-bond acceptors (Lipinski definition) is 4. The second-order valence-electron chi connectivity index (χ2n) is 5.76. The molecule has 2 aromatic carbocycles. The van der Waals surface area contributed by atoms with Crippen LogP contribution in [0.15, 0.2) is 52.4 Å². The van der Waals surface area contributed by atoms with Crippen molar-refractivity contribution in [1.82, 2.24) is 15.2 Å². The average Bonchev–Trinajstić information content (AvgIpc) is 2.66. The molecule has 0 saturated heterocycles. The second kappa shape index (κ2) is 8.33. The lowest BCUT2D eigenvalue weighted by molar-refractivity contribution is 0.0949. The van der Waals surface area contributed by atoms with Gasteiger partial charge in [-0.25, -0.2) is 10.1 Å². The number of nitrogens with one attached hydrogen (secondary N) is 1. The lowest BCUT2D eigenvalue weighted by Crippen LogP contribution is -2.29. The number of aryl methyl sites for hydroxylation is 1. The Morgan fingerprint density at radius 3 is 2.48 bits per heavy atom. The summed E-state index contributed by atoms with van der Waals surface area (Å²) in [6.45, 7) is 2.35. The van der Waals surface area contributed by atoms with Gasteiger partial charge in [0.05, 0.1) is 21.6 Å². The number of carbonyl (C=O) groups excluding carboxylic acids is 1. The van der Waals surface area contributed by atoms with E-state index in [-0.39, 0.29) is 11.3 Å². The van der Waals surface area contributed by atoms with Gasteiger partial charge < -0.3 is 0 Å². The maximum atomic E-state index is 12.6. The van der Waals surface area contributed by atoms with E-state index in [1.807, 2.05) is 6.92 Å². The van der Waals surface area contributed by atoms with Gasteiger partial charge in [-0.15, -0.1) is 0 Å². The van der Waals surface area contributed by atoms with Crippen molar-refractivity contribution in [3.05, 3.63) is 74.1 Å². The quantitative estimate of drug-likeness (QED) is 0.519. The lowest BCUT2D eigenvalue weighted by Gasteiger charge is -2.09. The summed E-state index contributed by atoms with van der Waals surface area (Å²) in [5, 5.41) is 9.88. The number of nitrogens with zero attached hydrogens (tertiary/aromatic N) is 3. The number of amides is 1. The van der Waals surface area contributed by atoms with Crippen LogP contribution in [0.3, 0.4) is 0 Å². The van der Waals surface area contributed by atoms with Gasteiger partial charge in [0, 0.05) is 17.5 Å². The Hall–Kier alpha value is -2.70. The Morgan fingerprint density at radius 2 is 1.81 bits per heavy atom. The Labute approximate surface area is 165 Å². The minimum atomic E-state index is -0.532. The van der Waals surface area contributed by atoms with Gasteiger partial charge in [0.2, 0.25) is 0 Å². The van der Waals surface area contributed by atoms with Gasteiger partial charge in [-0.3, -0.25) is 9.59 Å². The molecule has 0 fully saturated rings. The molecule has 1 amide bonds. The first-order valence-corrected chi connectivity index (χ1v) is 9.05. The Bertz CT molecular complexity index is 1070. The normalized spacial score (nSPS) is 11.2. The molecule has 0 spiro atoms. The largest absolute Gasteiger partial charge is 0.292 e. The zero-order valence-corrected chi connectivity index (χ0v) is 16.0. The zero-order valence-electron chi connectivity index (χ0n) is 14.4. The van der Waals surface area contributed by atoms with E-state index < -0.39 is 5.91 Å². The van der Waals surface area contributed by atoms with Crippen LogP contribution in [0.2, 0.25) is 10.0 Å². The molecule has 8 heteroatoms. The highest BCUT2D eigenvalue weighted by atomic mass is 35.5. The van der Waals surface area contributed by atoms with Gasteiger partial charge in [-0.05, 0) is 24.6 Å². The molecule has 27 heavy (non-hydrogen) atoms. The van der Waals surface area contributed by atoms with Gasteiger partial charge in [-0.2, -0.15) is 10.2 Å². The predicted molar refractivity (Wildman–Crippen MR) is 108 cm³/mol. The molecule has 1 heterocycles. The topological polar surface area (TPSA) is 76.3 Å².